The number of esters is 1. The van der Waals surface area contributed by atoms with Gasteiger partial charge in [-0.25, -0.2) is 9.18 Å². The van der Waals surface area contributed by atoms with Crippen LogP contribution in [0, 0.1) is 11.7 Å². The molecule has 1 atom stereocenters. The van der Waals surface area contributed by atoms with Crippen molar-refractivity contribution in [2.75, 3.05) is 38.2 Å². The number of carbonyl (C=O) groups is 3. The van der Waals surface area contributed by atoms with E-state index in [2.05, 4.69) is 26.2 Å². The number of hydrogen-bond donors (Lipinski definition) is 2. The van der Waals surface area contributed by atoms with Crippen molar-refractivity contribution in [3.63, 3.8) is 0 Å². The van der Waals surface area contributed by atoms with Gasteiger partial charge in [-0.2, -0.15) is 4.68 Å². The number of amides is 2. The Bertz CT molecular complexity index is 1860. The van der Waals surface area contributed by atoms with E-state index in [1.807, 2.05) is 18.2 Å². The zero-order valence-electron chi connectivity index (χ0n) is 27.5. The van der Waals surface area contributed by atoms with E-state index in [4.69, 9.17) is 21.1 Å². The number of tetrazole rings is 1. The minimum atomic E-state index is -1.04. The topological polar surface area (TPSA) is 141 Å². The third kappa shape index (κ3) is 7.84. The second-order valence-electron chi connectivity index (χ2n) is 12.0. The number of anilines is 1. The van der Waals surface area contributed by atoms with E-state index >= 15 is 4.39 Å². The summed E-state index contributed by atoms with van der Waals surface area (Å²) in [7, 11) is 0. The van der Waals surface area contributed by atoms with Crippen molar-refractivity contribution in [1.29, 1.82) is 0 Å². The summed E-state index contributed by atoms with van der Waals surface area (Å²) < 4.78 is 27.9. The van der Waals surface area contributed by atoms with Gasteiger partial charge in [-0.1, -0.05) is 23.7 Å². The van der Waals surface area contributed by atoms with E-state index in [1.165, 1.54) is 34.1 Å². The van der Waals surface area contributed by atoms with Gasteiger partial charge in [0.05, 0.1) is 29.5 Å². The smallest absolute Gasteiger partial charge is 0.338 e. The second-order valence-corrected chi connectivity index (χ2v) is 12.4. The number of piperidine rings is 1. The largest absolute Gasteiger partial charge is 0.493 e. The standard InChI is InChI=1S/C36H37ClFN7O5/c1-2-49-36(48)24-6-8-25(9-7-24)41-35(47)34-27-4-3-5-31(50-21-17-23-14-18-39-19-15-23)26(27)16-20-44(34)32(46)13-10-28-30(45-22-40-42-43-45)12-11-29(37)33(28)38/h3-13,22-23,34,39H,2,14-21H2,1H3,(H,41,47)/b13-10+/t34-/m0/s1. The van der Waals surface area contributed by atoms with Gasteiger partial charge in [-0.3, -0.25) is 9.59 Å². The highest BCUT2D eigenvalue weighted by Gasteiger charge is 2.37. The molecule has 2 aliphatic heterocycles. The van der Waals surface area contributed by atoms with E-state index in [-0.39, 0.29) is 29.4 Å². The van der Waals surface area contributed by atoms with Gasteiger partial charge in [-0.15, -0.1) is 5.10 Å². The zero-order valence-corrected chi connectivity index (χ0v) is 28.2. The second kappa shape index (κ2) is 16.0. The number of rotatable bonds is 11. The molecule has 0 bridgehead atoms. The lowest BCUT2D eigenvalue weighted by atomic mass is 9.90. The van der Waals surface area contributed by atoms with Crippen LogP contribution in [0.15, 0.2) is 67.0 Å². The lowest BCUT2D eigenvalue weighted by Crippen LogP contribution is -2.44. The third-order valence-electron chi connectivity index (χ3n) is 8.91. The summed E-state index contributed by atoms with van der Waals surface area (Å²) in [5.41, 5.74) is 2.53. The molecule has 4 aromatic rings. The normalized spacial score (nSPS) is 16.2. The van der Waals surface area contributed by atoms with Crippen LogP contribution >= 0.6 is 11.6 Å². The van der Waals surface area contributed by atoms with Gasteiger partial charge in [0.1, 0.15) is 18.1 Å². The highest BCUT2D eigenvalue weighted by molar-refractivity contribution is 6.31. The fourth-order valence-corrected chi connectivity index (χ4v) is 6.51. The number of ether oxygens (including phenoxy) is 2. The summed E-state index contributed by atoms with van der Waals surface area (Å²) >= 11 is 6.09. The van der Waals surface area contributed by atoms with Crippen molar-refractivity contribution in [3.8, 4) is 11.4 Å². The van der Waals surface area contributed by atoms with Gasteiger partial charge in [0.2, 0.25) is 5.91 Å². The van der Waals surface area contributed by atoms with Crippen molar-refractivity contribution >= 4 is 41.1 Å². The molecular formula is C36H37ClFN7O5. The maximum atomic E-state index is 15.3. The predicted molar refractivity (Wildman–Crippen MR) is 184 cm³/mol. The average Bonchev–Trinajstić information content (AvgIpc) is 3.67. The Balaban J connectivity index is 1.28. The van der Waals surface area contributed by atoms with E-state index in [9.17, 15) is 14.4 Å². The molecule has 1 aromatic heterocycles. The summed E-state index contributed by atoms with van der Waals surface area (Å²) in [4.78, 5) is 41.6. The molecule has 50 heavy (non-hydrogen) atoms. The van der Waals surface area contributed by atoms with Gasteiger partial charge in [0.25, 0.3) is 5.91 Å². The van der Waals surface area contributed by atoms with Gasteiger partial charge in [0, 0.05) is 29.4 Å². The number of hydrogen-bond acceptors (Lipinski definition) is 9. The summed E-state index contributed by atoms with van der Waals surface area (Å²) in [6.07, 6.45) is 7.41. The Morgan fingerprint density at radius 1 is 1.10 bits per heavy atom. The summed E-state index contributed by atoms with van der Waals surface area (Å²) in [6.45, 7) is 4.72. The summed E-state index contributed by atoms with van der Waals surface area (Å²) in [6, 6.07) is 13.7. The Morgan fingerprint density at radius 2 is 1.90 bits per heavy atom. The van der Waals surface area contributed by atoms with Gasteiger partial charge >= 0.3 is 5.97 Å². The number of carbonyl (C=O) groups excluding carboxylic acids is 3. The van der Waals surface area contributed by atoms with Crippen LogP contribution in [0.1, 0.15) is 59.3 Å². The molecule has 1 saturated heterocycles. The number of nitrogens with one attached hydrogen (secondary N) is 2. The lowest BCUT2D eigenvalue weighted by molar-refractivity contribution is -0.135. The van der Waals surface area contributed by atoms with Crippen LogP contribution in [0.4, 0.5) is 10.1 Å². The van der Waals surface area contributed by atoms with Gasteiger partial charge in [-0.05, 0) is 116 Å². The molecule has 260 valence electrons. The molecule has 2 amide bonds. The summed E-state index contributed by atoms with van der Waals surface area (Å²) in [5.74, 6) is -0.931. The number of halogens is 2. The first kappa shape index (κ1) is 34.7. The third-order valence-corrected chi connectivity index (χ3v) is 9.21. The van der Waals surface area contributed by atoms with Crippen LogP contribution in [0.3, 0.4) is 0 Å². The van der Waals surface area contributed by atoms with Crippen molar-refractivity contribution in [2.24, 2.45) is 5.92 Å². The van der Waals surface area contributed by atoms with E-state index in [1.54, 1.807) is 37.3 Å². The molecule has 0 unspecified atom stereocenters. The SMILES string of the molecule is CCOC(=O)c1ccc(NC(=O)[C@@H]2c3cccc(OCCC4CCNCC4)c3CCN2C(=O)/C=C/c2c(-n3cnnn3)ccc(Cl)c2F)cc1. The van der Waals surface area contributed by atoms with Crippen LogP contribution < -0.4 is 15.4 Å². The molecule has 6 rings (SSSR count). The minimum Gasteiger partial charge on any atom is -0.493 e. The molecule has 0 spiro atoms. The van der Waals surface area contributed by atoms with E-state index in [0.29, 0.717) is 41.5 Å². The van der Waals surface area contributed by atoms with Crippen LogP contribution in [0.5, 0.6) is 5.75 Å². The van der Waals surface area contributed by atoms with E-state index < -0.39 is 29.6 Å². The van der Waals surface area contributed by atoms with Crippen LogP contribution in [0.25, 0.3) is 11.8 Å². The molecule has 1 fully saturated rings. The summed E-state index contributed by atoms with van der Waals surface area (Å²) in [5, 5.41) is 17.2. The predicted octanol–water partition coefficient (Wildman–Crippen LogP) is 5.18. The molecule has 12 nitrogen and oxygen atoms in total. The van der Waals surface area contributed by atoms with Gasteiger partial charge in [0.15, 0.2) is 5.82 Å². The number of fused-ring (bicyclic) bond motifs is 1. The number of benzene rings is 3. The fraction of sp³-hybridized carbons (Fsp3) is 0.333. The van der Waals surface area contributed by atoms with Crippen molar-refractivity contribution < 1.29 is 28.2 Å². The maximum Gasteiger partial charge on any atom is 0.338 e. The van der Waals surface area contributed by atoms with Crippen molar-refractivity contribution in [1.82, 2.24) is 30.4 Å². The van der Waals surface area contributed by atoms with Crippen LogP contribution in [-0.4, -0.2) is 75.7 Å². The number of nitrogens with zero attached hydrogens (tertiary/aromatic N) is 5. The Hall–Kier alpha value is -5.14. The molecule has 14 heteroatoms. The van der Waals surface area contributed by atoms with Crippen LogP contribution in [-0.2, 0) is 20.7 Å². The maximum absolute atomic E-state index is 15.3. The molecule has 0 saturated carbocycles. The quantitative estimate of drug-likeness (QED) is 0.160. The Morgan fingerprint density at radius 3 is 2.64 bits per heavy atom. The molecule has 2 N–H and O–H groups in total. The molecule has 3 aromatic carbocycles. The first-order chi connectivity index (χ1) is 24.3. The minimum absolute atomic E-state index is 0.00249. The molecule has 0 radical (unpaired) electrons. The first-order valence-corrected chi connectivity index (χ1v) is 16.9. The Kier molecular flexibility index (Phi) is 11.1. The van der Waals surface area contributed by atoms with Gasteiger partial charge < -0.3 is 25.0 Å². The Labute approximate surface area is 293 Å². The molecule has 2 aliphatic rings. The highest BCUT2D eigenvalue weighted by Crippen LogP contribution is 2.37. The number of aromatic nitrogens is 4. The molecule has 0 aliphatic carbocycles. The zero-order chi connectivity index (χ0) is 35.0. The van der Waals surface area contributed by atoms with Crippen molar-refractivity contribution in [2.45, 2.75) is 38.6 Å². The average molecular weight is 702 g/mol. The monoisotopic (exact) mass is 701 g/mol. The van der Waals surface area contributed by atoms with Crippen molar-refractivity contribution in [3.05, 3.63) is 100 Å². The fourth-order valence-electron chi connectivity index (χ4n) is 6.35. The first-order valence-electron chi connectivity index (χ1n) is 16.6. The highest BCUT2D eigenvalue weighted by atomic mass is 35.5. The molecule has 3 heterocycles. The lowest BCUT2D eigenvalue weighted by Gasteiger charge is -2.36. The van der Waals surface area contributed by atoms with Crippen LogP contribution in [0.2, 0.25) is 5.02 Å². The van der Waals surface area contributed by atoms with E-state index in [0.717, 1.165) is 37.9 Å². The molecular weight excluding hydrogens is 665 g/mol.